The van der Waals surface area contributed by atoms with Gasteiger partial charge in [0.25, 0.3) is 5.91 Å². The van der Waals surface area contributed by atoms with Crippen LogP contribution in [0.25, 0.3) is 0 Å². The second-order valence-electron chi connectivity index (χ2n) is 6.10. The Morgan fingerprint density at radius 3 is 2.96 bits per heavy atom. The van der Waals surface area contributed by atoms with Gasteiger partial charge in [-0.15, -0.1) is 0 Å². The van der Waals surface area contributed by atoms with Crippen LogP contribution in [-0.4, -0.2) is 27.3 Å². The summed E-state index contributed by atoms with van der Waals surface area (Å²) in [5.74, 6) is 0.635. The van der Waals surface area contributed by atoms with Crippen molar-refractivity contribution in [2.45, 2.75) is 18.9 Å². The summed E-state index contributed by atoms with van der Waals surface area (Å²) in [6, 6.07) is 8.80. The summed E-state index contributed by atoms with van der Waals surface area (Å²) >= 11 is 5.94. The number of nitrogens with one attached hydrogen (secondary N) is 1. The summed E-state index contributed by atoms with van der Waals surface area (Å²) in [6.07, 6.45) is 4.73. The molecular formula is C18H17ClN4O2. The minimum Gasteiger partial charge on any atom is -0.447 e. The number of nitrogens with zero attached hydrogens (tertiary/aromatic N) is 2. The Morgan fingerprint density at radius 1 is 1.36 bits per heavy atom. The fourth-order valence-corrected chi connectivity index (χ4v) is 3.42. The number of carbonyl (C=O) groups is 1. The zero-order chi connectivity index (χ0) is 17.4. The van der Waals surface area contributed by atoms with Crippen molar-refractivity contribution in [3.05, 3.63) is 70.7 Å². The third kappa shape index (κ3) is 3.00. The first kappa shape index (κ1) is 15.8. The summed E-state index contributed by atoms with van der Waals surface area (Å²) in [6.45, 7) is 0.540. The molecule has 3 N–H and O–H groups in total. The molecule has 0 fully saturated rings. The predicted molar refractivity (Wildman–Crippen MR) is 94.3 cm³/mol. The number of anilines is 1. The number of aromatic nitrogens is 2. The van der Waals surface area contributed by atoms with Crippen LogP contribution in [0.5, 0.6) is 0 Å². The van der Waals surface area contributed by atoms with Crippen molar-refractivity contribution in [1.82, 2.24) is 14.9 Å². The van der Waals surface area contributed by atoms with Gasteiger partial charge in [0.2, 0.25) is 0 Å². The van der Waals surface area contributed by atoms with Crippen LogP contribution in [0.1, 0.15) is 33.4 Å². The normalized spacial score (nSPS) is 16.9. The smallest absolute Gasteiger partial charge is 0.254 e. The van der Waals surface area contributed by atoms with Gasteiger partial charge in [-0.2, -0.15) is 0 Å². The number of fused-ring (bicyclic) bond motifs is 1. The molecule has 7 heteroatoms. The lowest BCUT2D eigenvalue weighted by Gasteiger charge is -2.35. The Balaban J connectivity index is 1.69. The number of nitrogen functional groups attached to an aromatic ring is 1. The maximum absolute atomic E-state index is 13.1. The molecule has 4 rings (SSSR count). The van der Waals surface area contributed by atoms with Gasteiger partial charge in [-0.05, 0) is 41.4 Å². The predicted octanol–water partition coefficient (Wildman–Crippen LogP) is 3.22. The Hall–Kier alpha value is -2.73. The van der Waals surface area contributed by atoms with E-state index in [1.165, 1.54) is 0 Å². The molecule has 0 spiro atoms. The van der Waals surface area contributed by atoms with Crippen molar-refractivity contribution in [1.29, 1.82) is 0 Å². The first-order valence-corrected chi connectivity index (χ1v) is 8.41. The van der Waals surface area contributed by atoms with E-state index in [-0.39, 0.29) is 11.9 Å². The number of nitrogens with two attached hydrogens (primary N) is 1. The van der Waals surface area contributed by atoms with Crippen LogP contribution in [-0.2, 0) is 12.8 Å². The van der Waals surface area contributed by atoms with Gasteiger partial charge in [-0.25, -0.2) is 4.98 Å². The van der Waals surface area contributed by atoms with E-state index in [4.69, 9.17) is 21.8 Å². The number of hydrogen-bond acceptors (Lipinski definition) is 4. The lowest BCUT2D eigenvalue weighted by Crippen LogP contribution is -2.41. The first-order valence-electron chi connectivity index (χ1n) is 8.03. The lowest BCUT2D eigenvalue weighted by molar-refractivity contribution is 0.0625. The third-order valence-corrected chi connectivity index (χ3v) is 4.72. The number of amides is 1. The number of halogens is 1. The molecule has 1 atom stereocenters. The van der Waals surface area contributed by atoms with Gasteiger partial charge in [-0.1, -0.05) is 6.07 Å². The average Bonchev–Trinajstić information content (AvgIpc) is 3.26. The SMILES string of the molecule is Nc1ccc2c(c1)C(=O)N(CCc1cnc[nH]1)C(c1ccc(Cl)o1)C2. The minimum atomic E-state index is -0.195. The molecular weight excluding hydrogens is 340 g/mol. The lowest BCUT2D eigenvalue weighted by atomic mass is 9.91. The Bertz CT molecular complexity index is 904. The Labute approximate surface area is 149 Å². The molecule has 1 aliphatic heterocycles. The van der Waals surface area contributed by atoms with Crippen LogP contribution in [0.2, 0.25) is 5.22 Å². The molecule has 0 saturated heterocycles. The van der Waals surface area contributed by atoms with Gasteiger partial charge in [0, 0.05) is 42.5 Å². The zero-order valence-corrected chi connectivity index (χ0v) is 14.2. The van der Waals surface area contributed by atoms with Crippen LogP contribution >= 0.6 is 11.6 Å². The van der Waals surface area contributed by atoms with Crippen molar-refractivity contribution in [2.24, 2.45) is 0 Å². The van der Waals surface area contributed by atoms with Crippen LogP contribution in [0.4, 0.5) is 5.69 Å². The Kier molecular flexibility index (Phi) is 3.97. The average molecular weight is 357 g/mol. The number of rotatable bonds is 4. The standard InChI is InChI=1S/C18H17ClN4O2/c19-17-4-3-16(25-17)15-7-11-1-2-12(20)8-14(11)18(24)23(15)6-5-13-9-21-10-22-13/h1-4,8-10,15H,5-7,20H2,(H,21,22). The van der Waals surface area contributed by atoms with E-state index in [1.807, 2.05) is 23.1 Å². The molecule has 3 heterocycles. The highest BCUT2D eigenvalue weighted by Crippen LogP contribution is 2.35. The molecule has 6 nitrogen and oxygen atoms in total. The van der Waals surface area contributed by atoms with Gasteiger partial charge in [0.1, 0.15) is 5.76 Å². The van der Waals surface area contributed by atoms with Crippen LogP contribution < -0.4 is 5.73 Å². The molecule has 3 aromatic rings. The summed E-state index contributed by atoms with van der Waals surface area (Å²) < 4.78 is 5.60. The van der Waals surface area contributed by atoms with Crippen LogP contribution in [0, 0.1) is 0 Å². The number of furan rings is 1. The molecule has 25 heavy (non-hydrogen) atoms. The molecule has 128 valence electrons. The fraction of sp³-hybridized carbons (Fsp3) is 0.222. The van der Waals surface area contributed by atoms with Crippen molar-refractivity contribution < 1.29 is 9.21 Å². The number of imidazole rings is 1. The van der Waals surface area contributed by atoms with Crippen molar-refractivity contribution in [2.75, 3.05) is 12.3 Å². The molecule has 0 saturated carbocycles. The maximum Gasteiger partial charge on any atom is 0.254 e. The molecule has 0 radical (unpaired) electrons. The Morgan fingerprint density at radius 2 is 2.24 bits per heavy atom. The fourth-order valence-electron chi connectivity index (χ4n) is 3.27. The molecule has 1 unspecified atom stereocenters. The third-order valence-electron chi connectivity index (χ3n) is 4.51. The highest BCUT2D eigenvalue weighted by atomic mass is 35.5. The highest BCUT2D eigenvalue weighted by Gasteiger charge is 2.35. The summed E-state index contributed by atoms with van der Waals surface area (Å²) in [7, 11) is 0. The van der Waals surface area contributed by atoms with E-state index >= 15 is 0 Å². The van der Waals surface area contributed by atoms with Gasteiger partial charge in [-0.3, -0.25) is 4.79 Å². The number of H-pyrrole nitrogens is 1. The van der Waals surface area contributed by atoms with E-state index < -0.39 is 0 Å². The summed E-state index contributed by atoms with van der Waals surface area (Å²) in [4.78, 5) is 22.0. The second kappa shape index (κ2) is 6.29. The van der Waals surface area contributed by atoms with E-state index in [0.29, 0.717) is 41.6 Å². The molecule has 2 aromatic heterocycles. The maximum atomic E-state index is 13.1. The van der Waals surface area contributed by atoms with Crippen LogP contribution in [0.3, 0.4) is 0 Å². The van der Waals surface area contributed by atoms with E-state index in [1.54, 1.807) is 24.7 Å². The summed E-state index contributed by atoms with van der Waals surface area (Å²) in [5.41, 5.74) is 9.05. The van der Waals surface area contributed by atoms with Crippen molar-refractivity contribution in [3.63, 3.8) is 0 Å². The first-order chi connectivity index (χ1) is 12.1. The molecule has 0 bridgehead atoms. The number of carbonyl (C=O) groups excluding carboxylic acids is 1. The van der Waals surface area contributed by atoms with Gasteiger partial charge in [0.05, 0.1) is 12.4 Å². The van der Waals surface area contributed by atoms with Crippen molar-refractivity contribution >= 4 is 23.2 Å². The molecule has 0 aliphatic carbocycles. The molecule has 1 aromatic carbocycles. The van der Waals surface area contributed by atoms with E-state index in [2.05, 4.69) is 9.97 Å². The highest BCUT2D eigenvalue weighted by molar-refractivity contribution is 6.28. The van der Waals surface area contributed by atoms with Gasteiger partial charge in [0.15, 0.2) is 5.22 Å². The van der Waals surface area contributed by atoms with Crippen LogP contribution in [0.15, 0.2) is 47.3 Å². The molecule has 1 aliphatic rings. The molecule has 1 amide bonds. The van der Waals surface area contributed by atoms with Gasteiger partial charge < -0.3 is 20.0 Å². The van der Waals surface area contributed by atoms with Gasteiger partial charge >= 0.3 is 0 Å². The van der Waals surface area contributed by atoms with E-state index in [0.717, 1.165) is 11.3 Å². The number of aromatic amines is 1. The van der Waals surface area contributed by atoms with E-state index in [9.17, 15) is 4.79 Å². The second-order valence-corrected chi connectivity index (χ2v) is 6.48. The number of benzene rings is 1. The largest absolute Gasteiger partial charge is 0.447 e. The zero-order valence-electron chi connectivity index (χ0n) is 13.4. The van der Waals surface area contributed by atoms with Crippen molar-refractivity contribution in [3.8, 4) is 0 Å². The minimum absolute atomic E-state index is 0.0504. The summed E-state index contributed by atoms with van der Waals surface area (Å²) in [5, 5.41) is 0.319. The quantitative estimate of drug-likeness (QED) is 0.702. The monoisotopic (exact) mass is 356 g/mol. The number of hydrogen-bond donors (Lipinski definition) is 2. The topological polar surface area (TPSA) is 88.2 Å².